The second kappa shape index (κ2) is 10.6. The number of aromatic nitrogens is 7. The molecule has 1 saturated heterocycles. The van der Waals surface area contributed by atoms with Crippen molar-refractivity contribution in [3.05, 3.63) is 65.6 Å². The number of nitrogens with one attached hydrogen (secondary N) is 2. The molecule has 0 bridgehead atoms. The maximum Gasteiger partial charge on any atom is 0.256 e. The predicted molar refractivity (Wildman–Crippen MR) is 156 cm³/mol. The number of piperidine rings is 1. The lowest BCUT2D eigenvalue weighted by Gasteiger charge is -2.37. The van der Waals surface area contributed by atoms with Gasteiger partial charge in [0, 0.05) is 48.7 Å². The van der Waals surface area contributed by atoms with Crippen molar-refractivity contribution < 1.29 is 9.18 Å². The highest BCUT2D eigenvalue weighted by Crippen LogP contribution is 2.39. The third-order valence-corrected chi connectivity index (χ3v) is 7.81. The molecule has 6 rings (SSSR count). The van der Waals surface area contributed by atoms with Crippen LogP contribution in [0.5, 0.6) is 0 Å². The minimum absolute atomic E-state index is 0.0120. The summed E-state index contributed by atoms with van der Waals surface area (Å²) in [6, 6.07) is 7.20. The van der Waals surface area contributed by atoms with Crippen molar-refractivity contribution in [2.75, 3.05) is 23.3 Å². The van der Waals surface area contributed by atoms with Crippen LogP contribution in [0.1, 0.15) is 56.6 Å². The molecule has 0 aromatic carbocycles. The first kappa shape index (κ1) is 27.5. The molecule has 0 radical (unpaired) electrons. The summed E-state index contributed by atoms with van der Waals surface area (Å²) >= 11 is 0. The molecule has 0 saturated carbocycles. The van der Waals surface area contributed by atoms with Crippen LogP contribution in [0.25, 0.3) is 5.82 Å². The van der Waals surface area contributed by atoms with Crippen LogP contribution in [0.4, 0.5) is 22.0 Å². The average molecular weight is 572 g/mol. The molecular weight excluding hydrogens is 537 g/mol. The number of amides is 1. The van der Waals surface area contributed by atoms with Crippen molar-refractivity contribution in [1.29, 1.82) is 0 Å². The predicted octanol–water partition coefficient (Wildman–Crippen LogP) is 4.28. The minimum Gasteiger partial charge on any atom is -0.341 e. The Morgan fingerprint density at radius 2 is 1.83 bits per heavy atom. The summed E-state index contributed by atoms with van der Waals surface area (Å²) in [6.07, 6.45) is 5.25. The topological polar surface area (TPSA) is 133 Å². The molecule has 4 aromatic heterocycles. The summed E-state index contributed by atoms with van der Waals surface area (Å²) in [5.41, 5.74) is 1.84. The number of pyridine rings is 1. The van der Waals surface area contributed by atoms with Crippen LogP contribution < -0.4 is 10.2 Å². The molecule has 42 heavy (non-hydrogen) atoms. The Morgan fingerprint density at radius 3 is 2.45 bits per heavy atom. The monoisotopic (exact) mass is 571 g/mol. The molecule has 2 aliphatic rings. The third-order valence-electron chi connectivity index (χ3n) is 7.81. The van der Waals surface area contributed by atoms with Gasteiger partial charge in [-0.05, 0) is 45.2 Å². The minimum atomic E-state index is -0.818. The molecule has 4 aromatic rings. The molecule has 2 N–H and O–H groups in total. The van der Waals surface area contributed by atoms with E-state index in [9.17, 15) is 9.18 Å². The number of anilines is 3. The van der Waals surface area contributed by atoms with Gasteiger partial charge in [-0.25, -0.2) is 19.0 Å². The van der Waals surface area contributed by atoms with E-state index in [-0.39, 0.29) is 17.9 Å². The number of H-pyrrole nitrogens is 1. The fraction of sp³-hybridized carbons (Fsp3) is 0.414. The number of hydrogen-bond donors (Lipinski definition) is 2. The second-order valence-corrected chi connectivity index (χ2v) is 11.3. The molecule has 1 atom stereocenters. The zero-order chi connectivity index (χ0) is 29.6. The number of carbonyl (C=O) groups excluding carboxylic acids is 1. The molecule has 6 heterocycles. The number of hydrogen-bond acceptors (Lipinski definition) is 9. The van der Waals surface area contributed by atoms with Crippen LogP contribution >= 0.6 is 0 Å². The van der Waals surface area contributed by atoms with Crippen molar-refractivity contribution in [2.45, 2.75) is 59.0 Å². The first-order valence-corrected chi connectivity index (χ1v) is 14.1. The van der Waals surface area contributed by atoms with Gasteiger partial charge in [-0.2, -0.15) is 15.2 Å². The fourth-order valence-corrected chi connectivity index (χ4v) is 5.56. The number of rotatable bonds is 7. The summed E-state index contributed by atoms with van der Waals surface area (Å²) in [5.74, 6) is 2.90. The van der Waals surface area contributed by atoms with Gasteiger partial charge in [-0.3, -0.25) is 19.8 Å². The van der Waals surface area contributed by atoms with E-state index in [1.165, 1.54) is 10.9 Å². The zero-order valence-corrected chi connectivity index (χ0v) is 24.3. The van der Waals surface area contributed by atoms with Gasteiger partial charge in [0.05, 0.1) is 18.4 Å². The van der Waals surface area contributed by atoms with Gasteiger partial charge >= 0.3 is 0 Å². The third kappa shape index (κ3) is 5.10. The number of aromatic amines is 1. The molecular formula is C29H34FN11O. The highest BCUT2D eigenvalue weighted by molar-refractivity contribution is 6.09. The van der Waals surface area contributed by atoms with Gasteiger partial charge in [0.1, 0.15) is 17.2 Å². The first-order chi connectivity index (χ1) is 20.1. The lowest BCUT2D eigenvalue weighted by Crippen LogP contribution is -2.51. The smallest absolute Gasteiger partial charge is 0.256 e. The maximum absolute atomic E-state index is 14.1. The van der Waals surface area contributed by atoms with E-state index in [0.29, 0.717) is 49.3 Å². The molecule has 1 unspecified atom stereocenters. The number of carbonyl (C=O) groups is 1. The zero-order valence-electron chi connectivity index (χ0n) is 24.3. The van der Waals surface area contributed by atoms with Gasteiger partial charge < -0.3 is 10.2 Å². The summed E-state index contributed by atoms with van der Waals surface area (Å²) < 4.78 is 14.8. The van der Waals surface area contributed by atoms with E-state index in [1.807, 2.05) is 43.9 Å². The maximum atomic E-state index is 14.1. The van der Waals surface area contributed by atoms with Crippen molar-refractivity contribution >= 4 is 29.3 Å². The van der Waals surface area contributed by atoms with Crippen LogP contribution in [-0.4, -0.2) is 70.2 Å². The largest absolute Gasteiger partial charge is 0.341 e. The van der Waals surface area contributed by atoms with Crippen LogP contribution in [0.3, 0.4) is 0 Å². The summed E-state index contributed by atoms with van der Waals surface area (Å²) in [4.78, 5) is 37.1. The van der Waals surface area contributed by atoms with Crippen molar-refractivity contribution in [2.24, 2.45) is 10.9 Å². The average Bonchev–Trinajstić information content (AvgIpc) is 3.66. The van der Waals surface area contributed by atoms with E-state index in [0.717, 1.165) is 29.0 Å². The molecule has 218 valence electrons. The highest BCUT2D eigenvalue weighted by atomic mass is 19.1. The van der Waals surface area contributed by atoms with E-state index < -0.39 is 11.4 Å². The summed E-state index contributed by atoms with van der Waals surface area (Å²) in [5, 5.41) is 14.4. The summed E-state index contributed by atoms with van der Waals surface area (Å²) in [7, 11) is 0. The lowest BCUT2D eigenvalue weighted by atomic mass is 9.87. The fourth-order valence-electron chi connectivity index (χ4n) is 5.56. The van der Waals surface area contributed by atoms with Crippen molar-refractivity contribution in [1.82, 2.24) is 39.8 Å². The van der Waals surface area contributed by atoms with E-state index in [4.69, 9.17) is 9.98 Å². The van der Waals surface area contributed by atoms with Gasteiger partial charge in [0.15, 0.2) is 17.5 Å². The van der Waals surface area contributed by atoms with Gasteiger partial charge in [-0.1, -0.05) is 19.9 Å². The number of amidine groups is 1. The normalized spacial score (nSPS) is 17.3. The molecule has 1 amide bonds. The van der Waals surface area contributed by atoms with E-state index >= 15 is 0 Å². The first-order valence-electron chi connectivity index (χ1n) is 14.1. The van der Waals surface area contributed by atoms with Crippen molar-refractivity contribution in [3.8, 4) is 5.82 Å². The van der Waals surface area contributed by atoms with E-state index in [2.05, 4.69) is 49.3 Å². The van der Waals surface area contributed by atoms with Gasteiger partial charge in [0.2, 0.25) is 5.95 Å². The standard InChI is InChI=1S/C29H34FN11O/c1-17(2)26-36-29(27(42)41(26)20(5)21-6-7-25(31-14-21)40-16-22(30)15-32-40)8-10-39(11-9-29)28-33-18(3)12-23(35-28)34-24-13-19(4)37-38-24/h6-7,12-17,20H,8-11H2,1-5H3,(H2,33,34,35,37,38). The Labute approximate surface area is 243 Å². The SMILES string of the molecule is Cc1cc(Nc2cc(C)[nH]n2)nc(N2CCC3(CC2)N=C(C(C)C)N(C(C)c2ccc(-n4cc(F)cn4)nc2)C3=O)n1. The Balaban J connectivity index is 1.19. The van der Waals surface area contributed by atoms with E-state index in [1.54, 1.807) is 12.3 Å². The number of halogens is 1. The highest BCUT2D eigenvalue weighted by Gasteiger charge is 2.51. The molecule has 1 fully saturated rings. The summed E-state index contributed by atoms with van der Waals surface area (Å²) in [6.45, 7) is 11.2. The van der Waals surface area contributed by atoms with Crippen LogP contribution in [0.15, 0.2) is 47.8 Å². The second-order valence-electron chi connectivity index (χ2n) is 11.3. The molecule has 2 aliphatic heterocycles. The number of nitrogens with zero attached hydrogens (tertiary/aromatic N) is 9. The molecule has 0 aliphatic carbocycles. The van der Waals surface area contributed by atoms with Crippen LogP contribution in [0, 0.1) is 25.6 Å². The molecule has 1 spiro atoms. The van der Waals surface area contributed by atoms with Crippen LogP contribution in [0.2, 0.25) is 0 Å². The van der Waals surface area contributed by atoms with Crippen molar-refractivity contribution in [3.63, 3.8) is 0 Å². The van der Waals surface area contributed by atoms with Gasteiger partial charge in [-0.15, -0.1) is 0 Å². The van der Waals surface area contributed by atoms with Gasteiger partial charge in [0.25, 0.3) is 5.91 Å². The number of aliphatic imine (C=N–C) groups is 1. The Hall–Kier alpha value is -4.68. The number of aryl methyl sites for hydroxylation is 2. The Morgan fingerprint density at radius 1 is 1.05 bits per heavy atom. The quantitative estimate of drug-likeness (QED) is 0.336. The molecule has 13 heteroatoms. The Bertz CT molecular complexity index is 1630. The lowest BCUT2D eigenvalue weighted by molar-refractivity contribution is -0.133. The molecule has 12 nitrogen and oxygen atoms in total. The van der Waals surface area contributed by atoms with Crippen LogP contribution in [-0.2, 0) is 4.79 Å². The Kier molecular flexibility index (Phi) is 6.95.